The lowest BCUT2D eigenvalue weighted by Gasteiger charge is -2.34. The van der Waals surface area contributed by atoms with Crippen LogP contribution in [-0.4, -0.2) is 20.5 Å². The Balaban J connectivity index is 1.59. The lowest BCUT2D eigenvalue weighted by molar-refractivity contribution is -0.116. The van der Waals surface area contributed by atoms with Crippen molar-refractivity contribution in [3.8, 4) is 0 Å². The number of aromatic nitrogens is 3. The molecule has 5 rings (SSSR count). The molecule has 0 fully saturated rings. The molecule has 6 nitrogen and oxygen atoms in total. The predicted octanol–water partition coefficient (Wildman–Crippen LogP) is 3.94. The Kier molecular flexibility index (Phi) is 3.46. The standard InChI is InChI=1S/C19H15ClN4O2/c20-13-4-1-3-11(7-13)12-8-14-17(15(25)9-12)18(16-5-2-6-26-16)24-19(23-14)21-10-22-24/h1-7,10,12,18H,8-9H2,(H,21,22,23)/t12-,18+/m0/s1. The third-order valence-electron chi connectivity index (χ3n) is 4.99. The van der Waals surface area contributed by atoms with Gasteiger partial charge >= 0.3 is 0 Å². The summed E-state index contributed by atoms with van der Waals surface area (Å²) in [5, 5.41) is 8.26. The minimum atomic E-state index is -0.383. The van der Waals surface area contributed by atoms with Gasteiger partial charge < -0.3 is 9.73 Å². The van der Waals surface area contributed by atoms with Crippen LogP contribution in [0.15, 0.2) is 64.7 Å². The van der Waals surface area contributed by atoms with Crippen molar-refractivity contribution in [1.82, 2.24) is 14.8 Å². The highest BCUT2D eigenvalue weighted by molar-refractivity contribution is 6.30. The number of carbonyl (C=O) groups excluding carboxylic acids is 1. The van der Waals surface area contributed by atoms with Crippen LogP contribution in [0, 0.1) is 0 Å². The van der Waals surface area contributed by atoms with E-state index in [9.17, 15) is 4.79 Å². The average molecular weight is 367 g/mol. The molecule has 0 amide bonds. The normalized spacial score (nSPS) is 22.0. The number of anilines is 1. The van der Waals surface area contributed by atoms with Crippen LogP contribution in [0.2, 0.25) is 5.02 Å². The van der Waals surface area contributed by atoms with Crippen molar-refractivity contribution in [2.45, 2.75) is 24.8 Å². The molecule has 1 aliphatic heterocycles. The van der Waals surface area contributed by atoms with Crippen molar-refractivity contribution in [2.75, 3.05) is 5.32 Å². The molecule has 0 saturated heterocycles. The minimum Gasteiger partial charge on any atom is -0.467 e. The molecular formula is C19H15ClN4O2. The van der Waals surface area contributed by atoms with Gasteiger partial charge in [0.2, 0.25) is 5.95 Å². The Morgan fingerprint density at radius 1 is 1.23 bits per heavy atom. The first-order valence-electron chi connectivity index (χ1n) is 8.42. The van der Waals surface area contributed by atoms with Crippen LogP contribution in [-0.2, 0) is 4.79 Å². The number of ketones is 1. The Morgan fingerprint density at radius 2 is 2.15 bits per heavy atom. The van der Waals surface area contributed by atoms with Gasteiger partial charge in [-0.15, -0.1) is 0 Å². The highest BCUT2D eigenvalue weighted by atomic mass is 35.5. The van der Waals surface area contributed by atoms with Crippen LogP contribution >= 0.6 is 11.6 Å². The van der Waals surface area contributed by atoms with Crippen molar-refractivity contribution in [1.29, 1.82) is 0 Å². The van der Waals surface area contributed by atoms with Gasteiger partial charge in [0.25, 0.3) is 0 Å². The fourth-order valence-corrected chi connectivity index (χ4v) is 4.06. The number of furan rings is 1. The number of carbonyl (C=O) groups is 1. The molecule has 2 atom stereocenters. The van der Waals surface area contributed by atoms with E-state index in [1.165, 1.54) is 6.33 Å². The van der Waals surface area contributed by atoms with E-state index >= 15 is 0 Å². The van der Waals surface area contributed by atoms with E-state index in [4.69, 9.17) is 16.0 Å². The Labute approximate surface area is 154 Å². The van der Waals surface area contributed by atoms with E-state index in [2.05, 4.69) is 15.4 Å². The predicted molar refractivity (Wildman–Crippen MR) is 96.0 cm³/mol. The number of fused-ring (bicyclic) bond motifs is 1. The molecule has 0 spiro atoms. The molecule has 26 heavy (non-hydrogen) atoms. The van der Waals surface area contributed by atoms with Crippen LogP contribution in [0.25, 0.3) is 0 Å². The molecule has 1 aliphatic carbocycles. The molecule has 130 valence electrons. The molecule has 0 unspecified atom stereocenters. The quantitative estimate of drug-likeness (QED) is 0.743. The molecule has 0 bridgehead atoms. The summed E-state index contributed by atoms with van der Waals surface area (Å²) < 4.78 is 7.31. The largest absolute Gasteiger partial charge is 0.467 e. The van der Waals surface area contributed by atoms with E-state index in [0.717, 1.165) is 11.3 Å². The van der Waals surface area contributed by atoms with Gasteiger partial charge in [0, 0.05) is 22.7 Å². The molecule has 3 aromatic rings. The first-order valence-corrected chi connectivity index (χ1v) is 8.80. The van der Waals surface area contributed by atoms with E-state index in [-0.39, 0.29) is 17.7 Å². The third kappa shape index (κ3) is 2.37. The molecular weight excluding hydrogens is 352 g/mol. The fraction of sp³-hybridized carbons (Fsp3) is 0.211. The molecule has 3 heterocycles. The van der Waals surface area contributed by atoms with Crippen molar-refractivity contribution in [3.63, 3.8) is 0 Å². The Hall–Kier alpha value is -2.86. The second kappa shape index (κ2) is 5.85. The van der Waals surface area contributed by atoms with E-state index in [1.807, 2.05) is 36.4 Å². The number of rotatable bonds is 2. The summed E-state index contributed by atoms with van der Waals surface area (Å²) in [5.74, 6) is 1.47. The number of benzene rings is 1. The zero-order chi connectivity index (χ0) is 17.7. The van der Waals surface area contributed by atoms with Crippen molar-refractivity contribution < 1.29 is 9.21 Å². The summed E-state index contributed by atoms with van der Waals surface area (Å²) in [6, 6.07) is 11.0. The maximum Gasteiger partial charge on any atom is 0.226 e. The second-order valence-corrected chi connectivity index (χ2v) is 6.98. The zero-order valence-corrected chi connectivity index (χ0v) is 14.5. The number of nitrogens with zero attached hydrogens (tertiary/aromatic N) is 3. The minimum absolute atomic E-state index is 0.0826. The molecule has 2 aliphatic rings. The number of halogens is 1. The number of nitrogens with one attached hydrogen (secondary N) is 1. The fourth-order valence-electron chi connectivity index (χ4n) is 3.86. The topological polar surface area (TPSA) is 73.0 Å². The second-order valence-electron chi connectivity index (χ2n) is 6.55. The van der Waals surface area contributed by atoms with Gasteiger partial charge in [0.1, 0.15) is 18.1 Å². The Morgan fingerprint density at radius 3 is 2.96 bits per heavy atom. The maximum absolute atomic E-state index is 13.1. The molecule has 1 N–H and O–H groups in total. The van der Waals surface area contributed by atoms with Crippen molar-refractivity contribution >= 4 is 23.3 Å². The van der Waals surface area contributed by atoms with Crippen LogP contribution in [0.3, 0.4) is 0 Å². The lowest BCUT2D eigenvalue weighted by Crippen LogP contribution is -2.33. The molecule has 7 heteroatoms. The number of allylic oxidation sites excluding steroid dienone is 2. The Bertz CT molecular complexity index is 1020. The third-order valence-corrected chi connectivity index (χ3v) is 5.23. The van der Waals surface area contributed by atoms with Gasteiger partial charge in [-0.2, -0.15) is 10.1 Å². The number of hydrogen-bond acceptors (Lipinski definition) is 5. The summed E-state index contributed by atoms with van der Waals surface area (Å²) in [6.07, 6.45) is 4.24. The zero-order valence-electron chi connectivity index (χ0n) is 13.7. The van der Waals surface area contributed by atoms with Gasteiger partial charge in [-0.1, -0.05) is 23.7 Å². The summed E-state index contributed by atoms with van der Waals surface area (Å²) in [4.78, 5) is 17.4. The molecule has 2 aromatic heterocycles. The van der Waals surface area contributed by atoms with Gasteiger partial charge in [0.15, 0.2) is 5.78 Å². The van der Waals surface area contributed by atoms with Crippen molar-refractivity contribution in [2.24, 2.45) is 0 Å². The molecule has 0 radical (unpaired) electrons. The van der Waals surface area contributed by atoms with Gasteiger partial charge in [-0.3, -0.25) is 4.79 Å². The van der Waals surface area contributed by atoms with Gasteiger partial charge in [-0.25, -0.2) is 4.68 Å². The maximum atomic E-state index is 13.1. The summed E-state index contributed by atoms with van der Waals surface area (Å²) in [6.45, 7) is 0. The summed E-state index contributed by atoms with van der Waals surface area (Å²) >= 11 is 6.13. The van der Waals surface area contributed by atoms with E-state index in [0.29, 0.717) is 35.1 Å². The molecule has 1 aromatic carbocycles. The van der Waals surface area contributed by atoms with Crippen LogP contribution in [0.5, 0.6) is 0 Å². The van der Waals surface area contributed by atoms with E-state index in [1.54, 1.807) is 10.9 Å². The van der Waals surface area contributed by atoms with Crippen LogP contribution < -0.4 is 5.32 Å². The highest BCUT2D eigenvalue weighted by Crippen LogP contribution is 2.44. The van der Waals surface area contributed by atoms with Crippen LogP contribution in [0.1, 0.15) is 36.1 Å². The van der Waals surface area contributed by atoms with Crippen molar-refractivity contribution in [3.05, 3.63) is 76.6 Å². The monoisotopic (exact) mass is 366 g/mol. The molecule has 0 saturated carbocycles. The first kappa shape index (κ1) is 15.4. The summed E-state index contributed by atoms with van der Waals surface area (Å²) in [5.41, 5.74) is 2.66. The first-order chi connectivity index (χ1) is 12.7. The lowest BCUT2D eigenvalue weighted by atomic mass is 9.79. The number of hydrogen-bond donors (Lipinski definition) is 1. The van der Waals surface area contributed by atoms with E-state index < -0.39 is 0 Å². The van der Waals surface area contributed by atoms with Gasteiger partial charge in [-0.05, 0) is 42.2 Å². The average Bonchev–Trinajstić information content (AvgIpc) is 3.31. The van der Waals surface area contributed by atoms with Crippen LogP contribution in [0.4, 0.5) is 5.95 Å². The SMILES string of the molecule is O=C1C[C@@H](c2cccc(Cl)c2)CC2=C1[C@@H](c1ccco1)n1ncnc1N2. The highest BCUT2D eigenvalue weighted by Gasteiger charge is 2.40. The summed E-state index contributed by atoms with van der Waals surface area (Å²) in [7, 11) is 0. The smallest absolute Gasteiger partial charge is 0.226 e. The van der Waals surface area contributed by atoms with Gasteiger partial charge in [0.05, 0.1) is 6.26 Å². The number of Topliss-reactive ketones (excluding diaryl/α,β-unsaturated/α-hetero) is 1.